The van der Waals surface area contributed by atoms with Gasteiger partial charge in [-0.2, -0.15) is 5.48 Å². The molecule has 0 bridgehead atoms. The van der Waals surface area contributed by atoms with Crippen molar-refractivity contribution in [2.75, 3.05) is 26.2 Å². The average molecular weight is 359 g/mol. The Morgan fingerprint density at radius 3 is 2.58 bits per heavy atom. The monoisotopic (exact) mass is 359 g/mol. The lowest BCUT2D eigenvalue weighted by Gasteiger charge is -2.21. The number of aromatic nitrogens is 1. The second-order valence-corrected chi connectivity index (χ2v) is 6.28. The normalized spacial score (nSPS) is 12.5. The molecule has 26 heavy (non-hydrogen) atoms. The minimum absolute atomic E-state index is 0.304. The summed E-state index contributed by atoms with van der Waals surface area (Å²) in [5.41, 5.74) is 7.06. The third kappa shape index (κ3) is 5.25. The first-order valence-corrected chi connectivity index (χ1v) is 9.07. The summed E-state index contributed by atoms with van der Waals surface area (Å²) in [7, 11) is 0. The van der Waals surface area contributed by atoms with Crippen LogP contribution in [0.3, 0.4) is 0 Å². The maximum Gasteiger partial charge on any atom is 0.166 e. The second-order valence-electron chi connectivity index (χ2n) is 6.28. The van der Waals surface area contributed by atoms with Crippen LogP contribution < -0.4 is 5.48 Å². The van der Waals surface area contributed by atoms with Crippen molar-refractivity contribution < 1.29 is 14.7 Å². The molecular formula is C20H29N3O3. The number of hydrogen-bond donors (Lipinski definition) is 3. The van der Waals surface area contributed by atoms with Crippen LogP contribution in [0.1, 0.15) is 35.6 Å². The molecule has 2 rings (SSSR count). The summed E-state index contributed by atoms with van der Waals surface area (Å²) in [5.74, 6) is 0. The maximum atomic E-state index is 11.4. The lowest BCUT2D eigenvalue weighted by Crippen LogP contribution is -2.38. The van der Waals surface area contributed by atoms with Crippen LogP contribution in [-0.4, -0.2) is 53.6 Å². The zero-order valence-corrected chi connectivity index (χ0v) is 15.8. The van der Waals surface area contributed by atoms with Crippen LogP contribution in [0.4, 0.5) is 0 Å². The summed E-state index contributed by atoms with van der Waals surface area (Å²) in [6.45, 7) is 9.15. The van der Waals surface area contributed by atoms with Gasteiger partial charge in [-0.25, -0.2) is 0 Å². The second kappa shape index (κ2) is 10.2. The van der Waals surface area contributed by atoms with Crippen LogP contribution in [0.5, 0.6) is 0 Å². The molecule has 2 aromatic rings. The third-order valence-corrected chi connectivity index (χ3v) is 4.53. The van der Waals surface area contributed by atoms with Crippen LogP contribution in [0, 0.1) is 6.92 Å². The number of aryl methyl sites for hydroxylation is 1. The van der Waals surface area contributed by atoms with Gasteiger partial charge in [0.1, 0.15) is 0 Å². The molecule has 0 saturated carbocycles. The number of aliphatic hydroxyl groups is 1. The van der Waals surface area contributed by atoms with Gasteiger partial charge in [0.05, 0.1) is 18.4 Å². The molecule has 0 spiro atoms. The van der Waals surface area contributed by atoms with Crippen molar-refractivity contribution in [3.8, 4) is 11.1 Å². The van der Waals surface area contributed by atoms with Crippen LogP contribution in [0.2, 0.25) is 0 Å². The van der Waals surface area contributed by atoms with E-state index in [0.717, 1.165) is 41.8 Å². The first-order valence-electron chi connectivity index (χ1n) is 9.07. The number of rotatable bonds is 11. The van der Waals surface area contributed by atoms with Crippen molar-refractivity contribution in [3.05, 3.63) is 47.3 Å². The highest BCUT2D eigenvalue weighted by Gasteiger charge is 2.17. The first-order chi connectivity index (χ1) is 12.6. The fourth-order valence-electron chi connectivity index (χ4n) is 3.02. The molecule has 6 heteroatoms. The van der Waals surface area contributed by atoms with Gasteiger partial charge in [0.2, 0.25) is 0 Å². The fraction of sp³-hybridized carbons (Fsp3) is 0.450. The minimum atomic E-state index is -0.499. The van der Waals surface area contributed by atoms with E-state index in [0.29, 0.717) is 25.4 Å². The smallest absolute Gasteiger partial charge is 0.166 e. The molecule has 1 aromatic carbocycles. The Morgan fingerprint density at radius 2 is 1.96 bits per heavy atom. The van der Waals surface area contributed by atoms with Gasteiger partial charge in [-0.3, -0.25) is 9.63 Å². The lowest BCUT2D eigenvalue weighted by atomic mass is 10.0. The summed E-state index contributed by atoms with van der Waals surface area (Å²) in [5, 5.41) is 10.1. The highest BCUT2D eigenvalue weighted by atomic mass is 16.6. The Hall–Kier alpha value is -1.99. The van der Waals surface area contributed by atoms with E-state index < -0.39 is 6.10 Å². The fourth-order valence-corrected chi connectivity index (χ4v) is 3.02. The minimum Gasteiger partial charge on any atom is -0.390 e. The van der Waals surface area contributed by atoms with Gasteiger partial charge in [-0.15, -0.1) is 0 Å². The number of aliphatic hydroxyl groups excluding tert-OH is 1. The Bertz CT molecular complexity index is 681. The highest BCUT2D eigenvalue weighted by molar-refractivity contribution is 5.88. The van der Waals surface area contributed by atoms with Crippen LogP contribution in [0.25, 0.3) is 11.1 Å². The molecule has 0 fully saturated rings. The quantitative estimate of drug-likeness (QED) is 0.326. The molecule has 1 heterocycles. The summed E-state index contributed by atoms with van der Waals surface area (Å²) < 4.78 is 0. The van der Waals surface area contributed by atoms with Crippen molar-refractivity contribution in [2.45, 2.75) is 33.5 Å². The molecule has 0 radical (unpaired) electrons. The van der Waals surface area contributed by atoms with E-state index in [-0.39, 0.29) is 0 Å². The summed E-state index contributed by atoms with van der Waals surface area (Å²) in [6.07, 6.45) is 0.335. The molecule has 0 aliphatic heterocycles. The van der Waals surface area contributed by atoms with Crippen molar-refractivity contribution in [1.82, 2.24) is 15.4 Å². The van der Waals surface area contributed by atoms with E-state index in [1.165, 1.54) is 0 Å². The summed E-state index contributed by atoms with van der Waals surface area (Å²) >= 11 is 0. The Labute approximate surface area is 155 Å². The molecule has 0 aliphatic carbocycles. The molecule has 0 amide bonds. The third-order valence-electron chi connectivity index (χ3n) is 4.53. The highest BCUT2D eigenvalue weighted by Crippen LogP contribution is 2.29. The predicted octanol–water partition coefficient (Wildman–Crippen LogP) is 2.53. The predicted molar refractivity (Wildman–Crippen MR) is 103 cm³/mol. The van der Waals surface area contributed by atoms with Crippen molar-refractivity contribution in [3.63, 3.8) is 0 Å². The van der Waals surface area contributed by atoms with Gasteiger partial charge in [0, 0.05) is 29.9 Å². The van der Waals surface area contributed by atoms with Crippen LogP contribution in [0.15, 0.2) is 30.3 Å². The standard InChI is InChI=1S/C20H29N3O3/c1-4-23(5-2)12-17(25)11-21-26-14-18-15(3)22-19(13-24)20(18)16-9-7-6-8-10-16/h6-10,13,17,21-22,25H,4-5,11-12,14H2,1-3H3. The van der Waals surface area contributed by atoms with E-state index in [4.69, 9.17) is 4.84 Å². The van der Waals surface area contributed by atoms with Crippen molar-refractivity contribution in [1.29, 1.82) is 0 Å². The molecule has 0 saturated heterocycles. The Morgan fingerprint density at radius 1 is 1.27 bits per heavy atom. The SMILES string of the molecule is CCN(CC)CC(O)CNOCc1c(C)[nH]c(C=O)c1-c1ccccc1. The zero-order valence-electron chi connectivity index (χ0n) is 15.8. The van der Waals surface area contributed by atoms with Gasteiger partial charge in [0.25, 0.3) is 0 Å². The largest absolute Gasteiger partial charge is 0.390 e. The van der Waals surface area contributed by atoms with E-state index >= 15 is 0 Å². The molecule has 3 N–H and O–H groups in total. The number of aldehydes is 1. The molecule has 1 atom stereocenters. The zero-order chi connectivity index (χ0) is 18.9. The maximum absolute atomic E-state index is 11.4. The Kier molecular flexibility index (Phi) is 8.00. The van der Waals surface area contributed by atoms with E-state index in [2.05, 4.69) is 29.2 Å². The Balaban J connectivity index is 1.98. The van der Waals surface area contributed by atoms with Crippen LogP contribution in [-0.2, 0) is 11.4 Å². The van der Waals surface area contributed by atoms with Gasteiger partial charge in [-0.05, 0) is 25.6 Å². The van der Waals surface area contributed by atoms with Gasteiger partial charge >= 0.3 is 0 Å². The first kappa shape index (κ1) is 20.3. The van der Waals surface area contributed by atoms with Crippen molar-refractivity contribution in [2.24, 2.45) is 0 Å². The average Bonchev–Trinajstić information content (AvgIpc) is 2.99. The van der Waals surface area contributed by atoms with Gasteiger partial charge < -0.3 is 15.0 Å². The summed E-state index contributed by atoms with van der Waals surface area (Å²) in [4.78, 5) is 22.3. The van der Waals surface area contributed by atoms with E-state index in [1.54, 1.807) is 0 Å². The van der Waals surface area contributed by atoms with Gasteiger partial charge in [-0.1, -0.05) is 44.2 Å². The number of nitrogens with zero attached hydrogens (tertiary/aromatic N) is 1. The molecule has 142 valence electrons. The molecule has 6 nitrogen and oxygen atoms in total. The van der Waals surface area contributed by atoms with E-state index in [1.807, 2.05) is 37.3 Å². The number of nitrogens with one attached hydrogen (secondary N) is 2. The summed E-state index contributed by atoms with van der Waals surface area (Å²) in [6, 6.07) is 9.77. The molecule has 1 unspecified atom stereocenters. The number of benzene rings is 1. The van der Waals surface area contributed by atoms with Crippen molar-refractivity contribution >= 4 is 6.29 Å². The number of carbonyl (C=O) groups excluding carboxylic acids is 1. The topological polar surface area (TPSA) is 77.6 Å². The molecule has 0 aliphatic rings. The molecular weight excluding hydrogens is 330 g/mol. The number of likely N-dealkylation sites (N-methyl/N-ethyl adjacent to an activating group) is 1. The number of H-pyrrole nitrogens is 1. The van der Waals surface area contributed by atoms with Gasteiger partial charge in [0.15, 0.2) is 6.29 Å². The number of aromatic amines is 1. The number of hydroxylamine groups is 1. The number of carbonyl (C=O) groups is 1. The molecule has 1 aromatic heterocycles. The number of hydrogen-bond acceptors (Lipinski definition) is 5. The van der Waals surface area contributed by atoms with Crippen LogP contribution >= 0.6 is 0 Å². The van der Waals surface area contributed by atoms with E-state index in [9.17, 15) is 9.90 Å². The lowest BCUT2D eigenvalue weighted by molar-refractivity contribution is -0.00321.